The van der Waals surface area contributed by atoms with E-state index in [1.807, 2.05) is 6.92 Å². The smallest absolute Gasteiger partial charge is 0.262 e. The van der Waals surface area contributed by atoms with Gasteiger partial charge in [-0.05, 0) is 30.3 Å². The highest BCUT2D eigenvalue weighted by molar-refractivity contribution is 8.00. The van der Waals surface area contributed by atoms with Crippen molar-refractivity contribution < 1.29 is 17.6 Å². The van der Waals surface area contributed by atoms with Gasteiger partial charge in [0.2, 0.25) is 5.91 Å². The summed E-state index contributed by atoms with van der Waals surface area (Å²) in [5.41, 5.74) is 0.324. The first-order chi connectivity index (χ1) is 11.3. The Morgan fingerprint density at radius 3 is 2.75 bits per heavy atom. The average Bonchev–Trinajstić information content (AvgIpc) is 2.65. The molecule has 2 aromatic rings. The Bertz CT molecular complexity index is 900. The van der Waals surface area contributed by atoms with Crippen molar-refractivity contribution in [1.82, 2.24) is 0 Å². The van der Waals surface area contributed by atoms with Crippen LogP contribution in [0.5, 0.6) is 0 Å². The summed E-state index contributed by atoms with van der Waals surface area (Å²) in [4.78, 5) is 12.6. The van der Waals surface area contributed by atoms with Gasteiger partial charge in [-0.3, -0.25) is 9.52 Å². The lowest BCUT2D eigenvalue weighted by atomic mass is 10.3. The molecule has 24 heavy (non-hydrogen) atoms. The largest absolute Gasteiger partial charge is 0.325 e. The van der Waals surface area contributed by atoms with Crippen LogP contribution in [0.3, 0.4) is 0 Å². The van der Waals surface area contributed by atoms with Crippen LogP contribution in [0.2, 0.25) is 0 Å². The lowest BCUT2D eigenvalue weighted by molar-refractivity contribution is -0.116. The maximum atomic E-state index is 13.7. The molecular formula is C16H15FN2O3S2. The topological polar surface area (TPSA) is 75.3 Å². The summed E-state index contributed by atoms with van der Waals surface area (Å²) in [7, 11) is -3.96. The lowest BCUT2D eigenvalue weighted by Gasteiger charge is -2.12. The first-order valence-corrected chi connectivity index (χ1v) is 9.59. The minimum absolute atomic E-state index is 0.0417. The van der Waals surface area contributed by atoms with Crippen molar-refractivity contribution in [1.29, 1.82) is 0 Å². The van der Waals surface area contributed by atoms with Gasteiger partial charge < -0.3 is 5.32 Å². The maximum Gasteiger partial charge on any atom is 0.262 e. The molecule has 1 aliphatic rings. The molecule has 0 unspecified atom stereocenters. The van der Waals surface area contributed by atoms with Gasteiger partial charge in [0, 0.05) is 16.6 Å². The van der Waals surface area contributed by atoms with Gasteiger partial charge in [0.1, 0.15) is 5.82 Å². The molecule has 1 amide bonds. The SMILES string of the molecule is C[C@@H]1CC(=O)Nc2cc(S(=O)(=O)Nc3ccccc3F)ccc2S1. The number of hydrogen-bond acceptors (Lipinski definition) is 4. The molecule has 0 spiro atoms. The molecule has 2 N–H and O–H groups in total. The number of thioether (sulfide) groups is 1. The fourth-order valence-corrected chi connectivity index (χ4v) is 4.49. The highest BCUT2D eigenvalue weighted by atomic mass is 32.2. The molecule has 0 aromatic heterocycles. The van der Waals surface area contributed by atoms with Gasteiger partial charge in [0.15, 0.2) is 0 Å². The van der Waals surface area contributed by atoms with E-state index in [1.165, 1.54) is 48.2 Å². The Labute approximate surface area is 143 Å². The van der Waals surface area contributed by atoms with Crippen LogP contribution in [0.1, 0.15) is 13.3 Å². The van der Waals surface area contributed by atoms with E-state index in [1.54, 1.807) is 6.07 Å². The minimum atomic E-state index is -3.96. The molecule has 3 rings (SSSR count). The van der Waals surface area contributed by atoms with Gasteiger partial charge >= 0.3 is 0 Å². The van der Waals surface area contributed by atoms with Crippen LogP contribution in [0.4, 0.5) is 15.8 Å². The number of nitrogens with one attached hydrogen (secondary N) is 2. The number of anilines is 2. The Hall–Kier alpha value is -2.06. The summed E-state index contributed by atoms with van der Waals surface area (Å²) in [6.45, 7) is 1.93. The Morgan fingerprint density at radius 1 is 1.25 bits per heavy atom. The molecule has 0 fully saturated rings. The molecular weight excluding hydrogens is 351 g/mol. The van der Waals surface area contributed by atoms with Gasteiger partial charge in [0.25, 0.3) is 10.0 Å². The third kappa shape index (κ3) is 3.54. The third-order valence-corrected chi connectivity index (χ3v) is 6.00. The van der Waals surface area contributed by atoms with Crippen molar-refractivity contribution in [3.8, 4) is 0 Å². The number of fused-ring (bicyclic) bond motifs is 1. The zero-order valence-electron chi connectivity index (χ0n) is 12.7. The van der Waals surface area contributed by atoms with Crippen molar-refractivity contribution in [3.05, 3.63) is 48.3 Å². The van der Waals surface area contributed by atoms with E-state index < -0.39 is 15.8 Å². The average molecular weight is 366 g/mol. The molecule has 1 aliphatic heterocycles. The van der Waals surface area contributed by atoms with Gasteiger partial charge in [-0.15, -0.1) is 11.8 Å². The number of hydrogen-bond donors (Lipinski definition) is 2. The van der Waals surface area contributed by atoms with Crippen molar-refractivity contribution >= 4 is 39.1 Å². The van der Waals surface area contributed by atoms with Crippen LogP contribution in [0, 0.1) is 5.82 Å². The summed E-state index contributed by atoms with van der Waals surface area (Å²) in [6.07, 6.45) is 0.356. The molecule has 0 bridgehead atoms. The fraction of sp³-hybridized carbons (Fsp3) is 0.188. The van der Waals surface area contributed by atoms with E-state index >= 15 is 0 Å². The predicted molar refractivity (Wildman–Crippen MR) is 92.2 cm³/mol. The lowest BCUT2D eigenvalue weighted by Crippen LogP contribution is -2.15. The van der Waals surface area contributed by atoms with Crippen LogP contribution < -0.4 is 10.0 Å². The standard InChI is InChI=1S/C16H15FN2O3S2/c1-10-8-16(20)18-14-9-11(6-7-15(14)23-10)24(21,22)19-13-5-3-2-4-12(13)17/h2-7,9-10,19H,8H2,1H3,(H,18,20)/t10-/m1/s1. The van der Waals surface area contributed by atoms with Gasteiger partial charge in [-0.1, -0.05) is 19.1 Å². The first-order valence-electron chi connectivity index (χ1n) is 7.23. The second-order valence-corrected chi connectivity index (χ2v) is 8.59. The summed E-state index contributed by atoms with van der Waals surface area (Å²) in [5.74, 6) is -0.820. The Kier molecular flexibility index (Phi) is 4.51. The number of amides is 1. The Morgan fingerprint density at radius 2 is 2.00 bits per heavy atom. The molecule has 126 valence electrons. The third-order valence-electron chi connectivity index (χ3n) is 3.45. The van der Waals surface area contributed by atoms with Crippen LogP contribution in [0.15, 0.2) is 52.3 Å². The summed E-state index contributed by atoms with van der Waals surface area (Å²) < 4.78 is 40.8. The highest BCUT2D eigenvalue weighted by Crippen LogP contribution is 2.36. The molecule has 2 aromatic carbocycles. The molecule has 0 saturated heterocycles. The number of halogens is 1. The minimum Gasteiger partial charge on any atom is -0.325 e. The van der Waals surface area contributed by atoms with E-state index in [0.29, 0.717) is 12.1 Å². The molecule has 0 aliphatic carbocycles. The normalized spacial score (nSPS) is 17.6. The number of rotatable bonds is 3. The van der Waals surface area contributed by atoms with Crippen molar-refractivity contribution in [2.75, 3.05) is 10.0 Å². The number of carbonyl (C=O) groups is 1. The Balaban J connectivity index is 1.95. The molecule has 1 atom stereocenters. The summed E-state index contributed by atoms with van der Waals surface area (Å²) >= 11 is 1.50. The van der Waals surface area contributed by atoms with Crippen molar-refractivity contribution in [3.63, 3.8) is 0 Å². The highest BCUT2D eigenvalue weighted by Gasteiger charge is 2.22. The zero-order chi connectivity index (χ0) is 17.3. The van der Waals surface area contributed by atoms with E-state index in [-0.39, 0.29) is 21.7 Å². The van der Waals surface area contributed by atoms with Gasteiger partial charge in [0.05, 0.1) is 16.3 Å². The fourth-order valence-electron chi connectivity index (χ4n) is 2.35. The monoisotopic (exact) mass is 366 g/mol. The second kappa shape index (κ2) is 6.45. The van der Waals surface area contributed by atoms with Gasteiger partial charge in [-0.2, -0.15) is 0 Å². The number of sulfonamides is 1. The van der Waals surface area contributed by atoms with E-state index in [9.17, 15) is 17.6 Å². The molecule has 5 nitrogen and oxygen atoms in total. The molecule has 8 heteroatoms. The van der Waals surface area contributed by atoms with E-state index in [4.69, 9.17) is 0 Å². The van der Waals surface area contributed by atoms with Crippen molar-refractivity contribution in [2.45, 2.75) is 28.4 Å². The quantitative estimate of drug-likeness (QED) is 0.872. The zero-order valence-corrected chi connectivity index (χ0v) is 14.4. The second-order valence-electron chi connectivity index (χ2n) is 5.42. The summed E-state index contributed by atoms with van der Waals surface area (Å²) in [6, 6.07) is 10.0. The van der Waals surface area contributed by atoms with E-state index in [2.05, 4.69) is 10.0 Å². The number of carbonyl (C=O) groups excluding carboxylic acids is 1. The van der Waals surface area contributed by atoms with Gasteiger partial charge in [-0.25, -0.2) is 12.8 Å². The van der Waals surface area contributed by atoms with Crippen LogP contribution in [-0.2, 0) is 14.8 Å². The van der Waals surface area contributed by atoms with Crippen LogP contribution in [0.25, 0.3) is 0 Å². The van der Waals surface area contributed by atoms with Crippen molar-refractivity contribution in [2.24, 2.45) is 0 Å². The molecule has 0 saturated carbocycles. The summed E-state index contributed by atoms with van der Waals surface area (Å²) in [5, 5.41) is 2.82. The number of para-hydroxylation sites is 1. The first kappa shape index (κ1) is 16.8. The maximum absolute atomic E-state index is 13.7. The number of benzene rings is 2. The molecule has 1 heterocycles. The van der Waals surface area contributed by atoms with E-state index in [0.717, 1.165) is 4.90 Å². The molecule has 0 radical (unpaired) electrons. The van der Waals surface area contributed by atoms with Crippen LogP contribution >= 0.6 is 11.8 Å². The van der Waals surface area contributed by atoms with Crippen LogP contribution in [-0.4, -0.2) is 19.6 Å². The predicted octanol–water partition coefficient (Wildman–Crippen LogP) is 3.45.